The number of nitro benzene ring substituents is 1. The van der Waals surface area contributed by atoms with E-state index in [2.05, 4.69) is 4.74 Å². The van der Waals surface area contributed by atoms with Crippen LogP contribution in [0.4, 0.5) is 5.69 Å². The lowest BCUT2D eigenvalue weighted by molar-refractivity contribution is -0.385. The summed E-state index contributed by atoms with van der Waals surface area (Å²) in [4.78, 5) is 21.4. The van der Waals surface area contributed by atoms with Gasteiger partial charge in [0.05, 0.1) is 19.1 Å². The molecule has 0 saturated carbocycles. The standard InChI is InChI=1S/C11H12ClNO5/c1-17-10-4-3-7(6-9(10)13(15)16)5-8(12)11(14)18-2/h3-4,6,8H,5H2,1-2H3. The zero-order valence-electron chi connectivity index (χ0n) is 9.88. The molecule has 0 aliphatic rings. The Bertz CT molecular complexity index is 463. The third kappa shape index (κ3) is 3.33. The summed E-state index contributed by atoms with van der Waals surface area (Å²) in [5, 5.41) is 9.94. The van der Waals surface area contributed by atoms with Gasteiger partial charge in [-0.25, -0.2) is 0 Å². The van der Waals surface area contributed by atoms with E-state index in [1.54, 1.807) is 6.07 Å². The number of ether oxygens (including phenoxy) is 2. The molecule has 1 unspecified atom stereocenters. The number of hydrogen-bond acceptors (Lipinski definition) is 5. The van der Waals surface area contributed by atoms with Crippen LogP contribution < -0.4 is 4.74 Å². The molecule has 0 aliphatic carbocycles. The Morgan fingerprint density at radius 3 is 2.67 bits per heavy atom. The summed E-state index contributed by atoms with van der Waals surface area (Å²) in [6.45, 7) is 0. The maximum atomic E-state index is 11.1. The number of halogens is 1. The molecule has 18 heavy (non-hydrogen) atoms. The van der Waals surface area contributed by atoms with E-state index in [-0.39, 0.29) is 17.9 Å². The van der Waals surface area contributed by atoms with E-state index in [0.29, 0.717) is 5.56 Å². The van der Waals surface area contributed by atoms with Gasteiger partial charge in [0.2, 0.25) is 0 Å². The molecule has 0 aliphatic heterocycles. The Morgan fingerprint density at radius 2 is 2.17 bits per heavy atom. The predicted octanol–water partition coefficient (Wildman–Crippen LogP) is 1.93. The molecule has 0 bridgehead atoms. The van der Waals surface area contributed by atoms with E-state index in [1.165, 1.54) is 26.4 Å². The minimum Gasteiger partial charge on any atom is -0.490 e. The third-order valence-electron chi connectivity index (χ3n) is 2.31. The Labute approximate surface area is 109 Å². The second kappa shape index (κ2) is 6.20. The van der Waals surface area contributed by atoms with Crippen LogP contribution in [0, 0.1) is 10.1 Å². The number of nitrogens with zero attached hydrogens (tertiary/aromatic N) is 1. The average Bonchev–Trinajstić information content (AvgIpc) is 2.37. The van der Waals surface area contributed by atoms with E-state index in [0.717, 1.165) is 0 Å². The first kappa shape index (κ1) is 14.2. The van der Waals surface area contributed by atoms with E-state index < -0.39 is 16.3 Å². The molecular weight excluding hydrogens is 262 g/mol. The van der Waals surface area contributed by atoms with Gasteiger partial charge >= 0.3 is 11.7 Å². The molecule has 0 aromatic heterocycles. The highest BCUT2D eigenvalue weighted by Crippen LogP contribution is 2.28. The molecule has 1 aromatic rings. The number of benzene rings is 1. The van der Waals surface area contributed by atoms with Crippen molar-refractivity contribution in [1.82, 2.24) is 0 Å². The highest BCUT2D eigenvalue weighted by molar-refractivity contribution is 6.30. The van der Waals surface area contributed by atoms with Gasteiger partial charge in [-0.3, -0.25) is 14.9 Å². The number of nitro groups is 1. The third-order valence-corrected chi connectivity index (χ3v) is 2.64. The molecule has 1 rings (SSSR count). The fraction of sp³-hybridized carbons (Fsp3) is 0.364. The monoisotopic (exact) mass is 273 g/mol. The van der Waals surface area contributed by atoms with Gasteiger partial charge in [-0.1, -0.05) is 6.07 Å². The van der Waals surface area contributed by atoms with Crippen LogP contribution in [0.15, 0.2) is 18.2 Å². The molecule has 6 nitrogen and oxygen atoms in total. The summed E-state index contributed by atoms with van der Waals surface area (Å²) < 4.78 is 9.35. The highest BCUT2D eigenvalue weighted by atomic mass is 35.5. The Hall–Kier alpha value is -1.82. The smallest absolute Gasteiger partial charge is 0.324 e. The summed E-state index contributed by atoms with van der Waals surface area (Å²) in [7, 11) is 2.58. The SMILES string of the molecule is COC(=O)C(Cl)Cc1ccc(OC)c([N+](=O)[O-])c1. The zero-order valence-corrected chi connectivity index (χ0v) is 10.6. The van der Waals surface area contributed by atoms with Gasteiger partial charge in [0.1, 0.15) is 5.38 Å². The van der Waals surface area contributed by atoms with Crippen LogP contribution in [0.2, 0.25) is 0 Å². The maximum Gasteiger partial charge on any atom is 0.324 e. The number of hydrogen-bond donors (Lipinski definition) is 0. The largest absolute Gasteiger partial charge is 0.490 e. The van der Waals surface area contributed by atoms with Crippen LogP contribution in [-0.4, -0.2) is 30.5 Å². The normalized spacial score (nSPS) is 11.7. The van der Waals surface area contributed by atoms with E-state index in [1.807, 2.05) is 0 Å². The number of carbonyl (C=O) groups excluding carboxylic acids is 1. The minimum atomic E-state index is -0.872. The van der Waals surface area contributed by atoms with Gasteiger partial charge in [-0.05, 0) is 18.1 Å². The Kier molecular flexibility index (Phi) is 4.91. The summed E-state index contributed by atoms with van der Waals surface area (Å²) >= 11 is 5.80. The molecule has 0 amide bonds. The molecule has 7 heteroatoms. The van der Waals surface area contributed by atoms with E-state index in [9.17, 15) is 14.9 Å². The number of carbonyl (C=O) groups is 1. The fourth-order valence-electron chi connectivity index (χ4n) is 1.42. The van der Waals surface area contributed by atoms with Gasteiger partial charge < -0.3 is 9.47 Å². The first-order chi connectivity index (χ1) is 8.49. The molecule has 0 heterocycles. The Morgan fingerprint density at radius 1 is 1.50 bits per heavy atom. The van der Waals surface area contributed by atoms with Gasteiger partial charge in [0.15, 0.2) is 5.75 Å². The van der Waals surface area contributed by atoms with Crippen molar-refractivity contribution in [3.8, 4) is 5.75 Å². The van der Waals surface area contributed by atoms with E-state index in [4.69, 9.17) is 16.3 Å². The average molecular weight is 274 g/mol. The van der Waals surface area contributed by atoms with Gasteiger partial charge in [0, 0.05) is 6.07 Å². The zero-order chi connectivity index (χ0) is 13.7. The molecule has 0 N–H and O–H groups in total. The van der Waals surface area contributed by atoms with Crippen molar-refractivity contribution in [2.24, 2.45) is 0 Å². The molecule has 1 atom stereocenters. The lowest BCUT2D eigenvalue weighted by atomic mass is 10.1. The molecule has 0 saturated heterocycles. The van der Waals surface area contributed by atoms with Gasteiger partial charge in [-0.15, -0.1) is 11.6 Å². The topological polar surface area (TPSA) is 78.7 Å². The van der Waals surface area contributed by atoms with E-state index >= 15 is 0 Å². The van der Waals surface area contributed by atoms with Crippen molar-refractivity contribution in [2.75, 3.05) is 14.2 Å². The minimum absolute atomic E-state index is 0.152. The van der Waals surface area contributed by atoms with Crippen LogP contribution in [0.5, 0.6) is 5.75 Å². The van der Waals surface area contributed by atoms with Crippen molar-refractivity contribution >= 4 is 23.3 Å². The summed E-state index contributed by atoms with van der Waals surface area (Å²) in [5.41, 5.74) is 0.400. The second-order valence-corrected chi connectivity index (χ2v) is 3.98. The van der Waals surface area contributed by atoms with Crippen LogP contribution in [0.3, 0.4) is 0 Å². The van der Waals surface area contributed by atoms with Crippen molar-refractivity contribution < 1.29 is 19.2 Å². The second-order valence-electron chi connectivity index (χ2n) is 3.46. The predicted molar refractivity (Wildman–Crippen MR) is 65.0 cm³/mol. The summed E-state index contributed by atoms with van der Waals surface area (Å²) in [5.74, 6) is -0.414. The van der Waals surface area contributed by atoms with Gasteiger partial charge in [0.25, 0.3) is 0 Å². The fourth-order valence-corrected chi connectivity index (χ4v) is 1.69. The molecule has 0 radical (unpaired) electrons. The quantitative estimate of drug-likeness (QED) is 0.354. The first-order valence-corrected chi connectivity index (χ1v) is 5.46. The molecule has 1 aromatic carbocycles. The lowest BCUT2D eigenvalue weighted by Crippen LogP contribution is -2.18. The van der Waals surface area contributed by atoms with Crippen molar-refractivity contribution in [3.05, 3.63) is 33.9 Å². The van der Waals surface area contributed by atoms with Crippen molar-refractivity contribution in [1.29, 1.82) is 0 Å². The maximum absolute atomic E-state index is 11.1. The molecule has 0 fully saturated rings. The van der Waals surface area contributed by atoms with Crippen LogP contribution in [0.1, 0.15) is 5.56 Å². The number of alkyl halides is 1. The summed E-state index contributed by atoms with van der Waals surface area (Å²) in [6.07, 6.45) is 0.152. The Balaban J connectivity index is 2.95. The van der Waals surface area contributed by atoms with Crippen molar-refractivity contribution in [3.63, 3.8) is 0 Å². The van der Waals surface area contributed by atoms with Crippen LogP contribution in [0.25, 0.3) is 0 Å². The molecule has 0 spiro atoms. The number of rotatable bonds is 5. The number of methoxy groups -OCH3 is 2. The van der Waals surface area contributed by atoms with Crippen molar-refractivity contribution in [2.45, 2.75) is 11.8 Å². The molecular formula is C11H12ClNO5. The highest BCUT2D eigenvalue weighted by Gasteiger charge is 2.20. The van der Waals surface area contributed by atoms with Crippen LogP contribution >= 0.6 is 11.6 Å². The summed E-state index contributed by atoms with van der Waals surface area (Å²) in [6, 6.07) is 4.41. The molecule has 98 valence electrons. The lowest BCUT2D eigenvalue weighted by Gasteiger charge is -2.08. The van der Waals surface area contributed by atoms with Crippen LogP contribution in [-0.2, 0) is 16.0 Å². The number of esters is 1. The first-order valence-electron chi connectivity index (χ1n) is 5.02. The van der Waals surface area contributed by atoms with Gasteiger partial charge in [-0.2, -0.15) is 0 Å².